The summed E-state index contributed by atoms with van der Waals surface area (Å²) in [7, 11) is 0. The number of nitrogens with zero attached hydrogens (tertiary/aromatic N) is 3. The molecule has 1 aliphatic heterocycles. The van der Waals surface area contributed by atoms with Gasteiger partial charge in [0, 0.05) is 48.7 Å². The third-order valence-corrected chi connectivity index (χ3v) is 5.44. The predicted octanol–water partition coefficient (Wildman–Crippen LogP) is 3.39. The normalized spacial score (nSPS) is 15.7. The summed E-state index contributed by atoms with van der Waals surface area (Å²) in [4.78, 5) is 12.5. The molecule has 0 amide bonds. The van der Waals surface area contributed by atoms with Gasteiger partial charge in [0.15, 0.2) is 5.13 Å². The molecule has 2 N–H and O–H groups in total. The van der Waals surface area contributed by atoms with E-state index < -0.39 is 0 Å². The molecule has 0 radical (unpaired) electrons. The van der Waals surface area contributed by atoms with Crippen LogP contribution in [0.25, 0.3) is 16.8 Å². The van der Waals surface area contributed by atoms with E-state index in [1.807, 2.05) is 18.5 Å². The fraction of sp³-hybridized carbons (Fsp3) is 0.263. The Morgan fingerprint density at radius 3 is 3.04 bits per heavy atom. The van der Waals surface area contributed by atoms with Crippen LogP contribution in [0.5, 0.6) is 0 Å². The molecule has 0 saturated carbocycles. The van der Waals surface area contributed by atoms with Crippen LogP contribution in [0, 0.1) is 0 Å². The number of benzene rings is 1. The molecule has 0 unspecified atom stereocenters. The van der Waals surface area contributed by atoms with E-state index in [-0.39, 0.29) is 0 Å². The fourth-order valence-corrected chi connectivity index (χ4v) is 4.02. The van der Waals surface area contributed by atoms with Crippen molar-refractivity contribution < 1.29 is 0 Å². The van der Waals surface area contributed by atoms with Crippen molar-refractivity contribution in [3.8, 4) is 0 Å². The fourth-order valence-electron chi connectivity index (χ4n) is 3.16. The van der Waals surface area contributed by atoms with Gasteiger partial charge in [0.25, 0.3) is 0 Å². The minimum absolute atomic E-state index is 0.708. The molecule has 0 spiro atoms. The molecule has 0 aliphatic carbocycles. The number of thiazole rings is 1. The highest BCUT2D eigenvalue weighted by Crippen LogP contribution is 2.24. The van der Waals surface area contributed by atoms with E-state index in [9.17, 15) is 0 Å². The summed E-state index contributed by atoms with van der Waals surface area (Å²) in [5.74, 6) is 0. The maximum absolute atomic E-state index is 5.81. The van der Waals surface area contributed by atoms with Crippen molar-refractivity contribution in [2.75, 3.05) is 25.4 Å². The van der Waals surface area contributed by atoms with Gasteiger partial charge in [0.05, 0.1) is 5.69 Å². The average molecular weight is 336 g/mol. The van der Waals surface area contributed by atoms with Crippen molar-refractivity contribution >= 4 is 33.3 Å². The van der Waals surface area contributed by atoms with Gasteiger partial charge in [-0.15, -0.1) is 11.3 Å². The Morgan fingerprint density at radius 2 is 2.08 bits per heavy atom. The summed E-state index contributed by atoms with van der Waals surface area (Å²) in [6, 6.07) is 8.53. The van der Waals surface area contributed by atoms with E-state index in [4.69, 9.17) is 5.73 Å². The van der Waals surface area contributed by atoms with Gasteiger partial charge in [-0.25, -0.2) is 4.98 Å². The van der Waals surface area contributed by atoms with Gasteiger partial charge < -0.3 is 5.73 Å². The van der Waals surface area contributed by atoms with Crippen LogP contribution < -0.4 is 5.73 Å². The molecule has 0 fully saturated rings. The molecule has 1 aromatic carbocycles. The van der Waals surface area contributed by atoms with Crippen molar-refractivity contribution in [1.82, 2.24) is 14.9 Å². The highest BCUT2D eigenvalue weighted by molar-refractivity contribution is 7.15. The van der Waals surface area contributed by atoms with Crippen molar-refractivity contribution in [2.45, 2.75) is 12.8 Å². The Kier molecular flexibility index (Phi) is 4.28. The number of nitrogen functional groups attached to an aromatic ring is 1. The number of anilines is 1. The Morgan fingerprint density at radius 1 is 1.17 bits per heavy atom. The summed E-state index contributed by atoms with van der Waals surface area (Å²) in [5, 5.41) is 3.12. The minimum atomic E-state index is 0.708. The summed E-state index contributed by atoms with van der Waals surface area (Å²) < 4.78 is 0. The van der Waals surface area contributed by atoms with Crippen LogP contribution in [0.1, 0.15) is 16.1 Å². The van der Waals surface area contributed by atoms with Crippen LogP contribution in [-0.2, 0) is 12.8 Å². The molecular formula is C19H20N4S. The van der Waals surface area contributed by atoms with Crippen LogP contribution in [0.2, 0.25) is 0 Å². The van der Waals surface area contributed by atoms with E-state index in [1.54, 1.807) is 11.3 Å². The number of rotatable bonds is 3. The lowest BCUT2D eigenvalue weighted by molar-refractivity contribution is 0.318. The first-order valence-electron chi connectivity index (χ1n) is 8.25. The first kappa shape index (κ1) is 15.3. The second-order valence-corrected chi connectivity index (χ2v) is 7.22. The zero-order valence-electron chi connectivity index (χ0n) is 13.5. The number of fused-ring (bicyclic) bond motifs is 2. The van der Waals surface area contributed by atoms with Gasteiger partial charge in [-0.3, -0.25) is 9.88 Å². The van der Waals surface area contributed by atoms with Gasteiger partial charge in [0.1, 0.15) is 0 Å². The maximum Gasteiger partial charge on any atom is 0.180 e. The zero-order chi connectivity index (χ0) is 16.4. The molecule has 4 nitrogen and oxygen atoms in total. The number of hydrogen-bond donors (Lipinski definition) is 1. The lowest BCUT2D eigenvalue weighted by Crippen LogP contribution is -2.26. The standard InChI is InChI=1S/C19H20N4S/c20-19-22-17-6-10-23(11-7-18(17)24-19)9-1-2-14-3-4-15-5-8-21-13-16(15)12-14/h1-5,8,12-13H,6-7,9-11H2,(H2,20,22). The number of hydrogen-bond acceptors (Lipinski definition) is 5. The summed E-state index contributed by atoms with van der Waals surface area (Å²) >= 11 is 1.64. The maximum atomic E-state index is 5.81. The molecule has 3 heterocycles. The third-order valence-electron chi connectivity index (χ3n) is 4.45. The van der Waals surface area contributed by atoms with E-state index in [2.05, 4.69) is 45.2 Å². The Balaban J connectivity index is 1.39. The number of nitrogens with two attached hydrogens (primary N) is 1. The summed E-state index contributed by atoms with van der Waals surface area (Å²) in [6.45, 7) is 3.08. The van der Waals surface area contributed by atoms with Gasteiger partial charge in [0.2, 0.25) is 0 Å². The lowest BCUT2D eigenvalue weighted by atomic mass is 10.1. The highest BCUT2D eigenvalue weighted by Gasteiger charge is 2.16. The van der Waals surface area contributed by atoms with Crippen LogP contribution in [-0.4, -0.2) is 34.5 Å². The Labute approximate surface area is 145 Å². The first-order chi connectivity index (χ1) is 11.8. The predicted molar refractivity (Wildman–Crippen MR) is 101 cm³/mol. The second kappa shape index (κ2) is 6.71. The molecule has 5 heteroatoms. The van der Waals surface area contributed by atoms with Gasteiger partial charge in [-0.2, -0.15) is 0 Å². The first-order valence-corrected chi connectivity index (χ1v) is 9.06. The van der Waals surface area contributed by atoms with Crippen LogP contribution in [0.3, 0.4) is 0 Å². The van der Waals surface area contributed by atoms with Crippen LogP contribution in [0.4, 0.5) is 5.13 Å². The van der Waals surface area contributed by atoms with Gasteiger partial charge in [-0.1, -0.05) is 24.3 Å². The Hall–Kier alpha value is -2.24. The lowest BCUT2D eigenvalue weighted by Gasteiger charge is -2.17. The minimum Gasteiger partial charge on any atom is -0.375 e. The highest BCUT2D eigenvalue weighted by atomic mass is 32.1. The van der Waals surface area contributed by atoms with Crippen LogP contribution >= 0.6 is 11.3 Å². The number of pyridine rings is 1. The van der Waals surface area contributed by atoms with E-state index in [0.29, 0.717) is 5.13 Å². The molecule has 24 heavy (non-hydrogen) atoms. The molecule has 1 aliphatic rings. The van der Waals surface area contributed by atoms with Gasteiger partial charge in [-0.05, 0) is 29.5 Å². The van der Waals surface area contributed by atoms with Gasteiger partial charge >= 0.3 is 0 Å². The zero-order valence-corrected chi connectivity index (χ0v) is 14.3. The Bertz CT molecular complexity index is 858. The second-order valence-electron chi connectivity index (χ2n) is 6.11. The molecule has 3 aromatic rings. The quantitative estimate of drug-likeness (QED) is 0.796. The van der Waals surface area contributed by atoms with E-state index in [0.717, 1.165) is 32.5 Å². The van der Waals surface area contributed by atoms with Crippen LogP contribution in [0.15, 0.2) is 42.7 Å². The van der Waals surface area contributed by atoms with Crippen molar-refractivity contribution in [3.05, 3.63) is 58.9 Å². The molecule has 2 aromatic heterocycles. The van der Waals surface area contributed by atoms with Crippen molar-refractivity contribution in [3.63, 3.8) is 0 Å². The van der Waals surface area contributed by atoms with E-state index >= 15 is 0 Å². The topological polar surface area (TPSA) is 55.0 Å². The summed E-state index contributed by atoms with van der Waals surface area (Å²) in [6.07, 6.45) is 10.2. The molecule has 0 bridgehead atoms. The SMILES string of the molecule is Nc1nc2c(s1)CCN(CC=Cc1ccc3ccncc3c1)CC2. The summed E-state index contributed by atoms with van der Waals surface area (Å²) in [5.41, 5.74) is 8.23. The molecule has 0 saturated heterocycles. The smallest absolute Gasteiger partial charge is 0.180 e. The number of aromatic nitrogens is 2. The average Bonchev–Trinajstić information content (AvgIpc) is 2.86. The van der Waals surface area contributed by atoms with Crippen molar-refractivity contribution in [2.24, 2.45) is 0 Å². The molecule has 122 valence electrons. The third kappa shape index (κ3) is 3.32. The molecule has 0 atom stereocenters. The van der Waals surface area contributed by atoms with E-state index in [1.165, 1.54) is 26.9 Å². The largest absolute Gasteiger partial charge is 0.375 e. The molecular weight excluding hydrogens is 316 g/mol. The van der Waals surface area contributed by atoms with Crippen molar-refractivity contribution in [1.29, 1.82) is 0 Å². The monoisotopic (exact) mass is 336 g/mol. The molecule has 4 rings (SSSR count).